The van der Waals surface area contributed by atoms with Gasteiger partial charge in [0.2, 0.25) is 0 Å². The molecule has 0 aliphatic rings. The average molecular weight is 279 g/mol. The Hall–Kier alpha value is -1.97. The second kappa shape index (κ2) is 5.57. The van der Waals surface area contributed by atoms with Crippen molar-refractivity contribution in [3.63, 3.8) is 0 Å². The maximum Gasteiger partial charge on any atom is 0.416 e. The zero-order valence-corrected chi connectivity index (χ0v) is 11.4. The van der Waals surface area contributed by atoms with E-state index in [1.165, 1.54) is 23.3 Å². The number of benzene rings is 2. The summed E-state index contributed by atoms with van der Waals surface area (Å²) in [5.41, 5.74) is 3.55. The van der Waals surface area contributed by atoms with Crippen LogP contribution in [0.1, 0.15) is 22.3 Å². The summed E-state index contributed by atoms with van der Waals surface area (Å²) < 4.78 is 37.3. The number of rotatable bonds is 3. The topological polar surface area (TPSA) is 12.0 Å². The number of hydrogen-bond acceptors (Lipinski definition) is 1. The molecule has 0 fully saturated rings. The highest BCUT2D eigenvalue weighted by atomic mass is 19.4. The number of nitrogens with one attached hydrogen (secondary N) is 1. The fourth-order valence-corrected chi connectivity index (χ4v) is 2.02. The predicted octanol–water partition coefficient (Wildman–Crippen LogP) is 4.93. The van der Waals surface area contributed by atoms with Gasteiger partial charge in [-0.15, -0.1) is 0 Å². The molecule has 0 radical (unpaired) electrons. The molecular weight excluding hydrogens is 263 g/mol. The summed E-state index contributed by atoms with van der Waals surface area (Å²) in [5, 5.41) is 3.13. The normalized spacial score (nSPS) is 11.4. The third-order valence-corrected chi connectivity index (χ3v) is 3.19. The molecular formula is C16H16F3N. The van der Waals surface area contributed by atoms with Gasteiger partial charge >= 0.3 is 6.18 Å². The van der Waals surface area contributed by atoms with Crippen LogP contribution in [-0.2, 0) is 12.7 Å². The van der Waals surface area contributed by atoms with E-state index in [-0.39, 0.29) is 0 Å². The van der Waals surface area contributed by atoms with Gasteiger partial charge in [0.1, 0.15) is 0 Å². The highest BCUT2D eigenvalue weighted by molar-refractivity contribution is 5.46. The highest BCUT2D eigenvalue weighted by Crippen LogP contribution is 2.29. The van der Waals surface area contributed by atoms with Crippen molar-refractivity contribution in [2.24, 2.45) is 0 Å². The van der Waals surface area contributed by atoms with Gasteiger partial charge in [0.25, 0.3) is 0 Å². The first-order chi connectivity index (χ1) is 9.36. The van der Waals surface area contributed by atoms with Crippen molar-refractivity contribution in [1.29, 1.82) is 0 Å². The molecule has 0 atom stereocenters. The van der Waals surface area contributed by atoms with Crippen molar-refractivity contribution in [2.75, 3.05) is 5.32 Å². The summed E-state index contributed by atoms with van der Waals surface area (Å²) in [6, 6.07) is 11.2. The third-order valence-electron chi connectivity index (χ3n) is 3.19. The summed E-state index contributed by atoms with van der Waals surface area (Å²) in [7, 11) is 0. The van der Waals surface area contributed by atoms with Crippen LogP contribution in [0.15, 0.2) is 42.5 Å². The molecule has 0 aromatic heterocycles. The van der Waals surface area contributed by atoms with Crippen LogP contribution < -0.4 is 5.32 Å². The minimum absolute atomic E-state index is 0.595. The van der Waals surface area contributed by atoms with Crippen LogP contribution >= 0.6 is 0 Å². The minimum Gasteiger partial charge on any atom is -0.381 e. The Morgan fingerprint density at radius 3 is 2.15 bits per heavy atom. The Kier molecular flexibility index (Phi) is 4.02. The lowest BCUT2D eigenvalue weighted by molar-refractivity contribution is -0.137. The summed E-state index contributed by atoms with van der Waals surface area (Å²) >= 11 is 0. The molecule has 106 valence electrons. The van der Waals surface area contributed by atoms with Gasteiger partial charge in [-0.3, -0.25) is 0 Å². The molecule has 0 heterocycles. The van der Waals surface area contributed by atoms with Crippen LogP contribution in [-0.4, -0.2) is 0 Å². The number of hydrogen-bond donors (Lipinski definition) is 1. The molecule has 0 saturated heterocycles. The Morgan fingerprint density at radius 2 is 1.60 bits per heavy atom. The molecule has 2 aromatic carbocycles. The molecule has 0 aliphatic heterocycles. The van der Waals surface area contributed by atoms with Gasteiger partial charge in [0.15, 0.2) is 0 Å². The van der Waals surface area contributed by atoms with Crippen LogP contribution in [0.2, 0.25) is 0 Å². The fraction of sp³-hybridized carbons (Fsp3) is 0.250. The van der Waals surface area contributed by atoms with Crippen molar-refractivity contribution in [2.45, 2.75) is 26.6 Å². The van der Waals surface area contributed by atoms with Gasteiger partial charge in [0.05, 0.1) is 5.56 Å². The number of alkyl halides is 3. The molecule has 0 amide bonds. The third kappa shape index (κ3) is 3.53. The molecule has 0 spiro atoms. The SMILES string of the molecule is Cc1ccc(CNc2ccc(C(F)(F)F)cc2)c(C)c1. The molecule has 2 rings (SSSR count). The van der Waals surface area contributed by atoms with Crippen LogP contribution in [0.25, 0.3) is 0 Å². The van der Waals surface area contributed by atoms with Gasteiger partial charge in [-0.05, 0) is 49.2 Å². The zero-order chi connectivity index (χ0) is 14.8. The van der Waals surface area contributed by atoms with Gasteiger partial charge in [-0.25, -0.2) is 0 Å². The summed E-state index contributed by atoms with van der Waals surface area (Å²) in [6.07, 6.45) is -4.29. The van der Waals surface area contributed by atoms with E-state index in [9.17, 15) is 13.2 Å². The van der Waals surface area contributed by atoms with Crippen molar-refractivity contribution >= 4 is 5.69 Å². The second-order valence-electron chi connectivity index (χ2n) is 4.86. The van der Waals surface area contributed by atoms with E-state index < -0.39 is 11.7 Å². The van der Waals surface area contributed by atoms with E-state index in [2.05, 4.69) is 11.4 Å². The van der Waals surface area contributed by atoms with Crippen molar-refractivity contribution in [1.82, 2.24) is 0 Å². The Labute approximate surface area is 116 Å². The van der Waals surface area contributed by atoms with Gasteiger partial charge in [0, 0.05) is 12.2 Å². The lowest BCUT2D eigenvalue weighted by Crippen LogP contribution is -2.05. The standard InChI is InChI=1S/C16H16F3N/c1-11-3-4-13(12(2)9-11)10-20-15-7-5-14(6-8-15)16(17,18)19/h3-9,20H,10H2,1-2H3. The first kappa shape index (κ1) is 14.4. The van der Waals surface area contributed by atoms with E-state index in [0.717, 1.165) is 17.7 Å². The summed E-state index contributed by atoms with van der Waals surface area (Å²) in [6.45, 7) is 4.65. The van der Waals surface area contributed by atoms with E-state index in [4.69, 9.17) is 0 Å². The predicted molar refractivity (Wildman–Crippen MR) is 74.7 cm³/mol. The molecule has 0 unspecified atom stereocenters. The quantitative estimate of drug-likeness (QED) is 0.839. The maximum absolute atomic E-state index is 12.4. The monoisotopic (exact) mass is 279 g/mol. The molecule has 2 aromatic rings. The van der Waals surface area contributed by atoms with Crippen LogP contribution in [0.4, 0.5) is 18.9 Å². The second-order valence-corrected chi connectivity index (χ2v) is 4.86. The van der Waals surface area contributed by atoms with Crippen LogP contribution in [0.3, 0.4) is 0 Å². The van der Waals surface area contributed by atoms with Gasteiger partial charge in [-0.1, -0.05) is 23.8 Å². The van der Waals surface area contributed by atoms with Gasteiger partial charge in [-0.2, -0.15) is 13.2 Å². The Morgan fingerprint density at radius 1 is 0.950 bits per heavy atom. The average Bonchev–Trinajstić information content (AvgIpc) is 2.37. The fourth-order valence-electron chi connectivity index (χ4n) is 2.02. The lowest BCUT2D eigenvalue weighted by Gasteiger charge is -2.11. The molecule has 1 nitrogen and oxygen atoms in total. The number of aryl methyl sites for hydroxylation is 2. The van der Waals surface area contributed by atoms with Gasteiger partial charge < -0.3 is 5.32 Å². The molecule has 0 saturated carbocycles. The molecule has 0 bridgehead atoms. The lowest BCUT2D eigenvalue weighted by atomic mass is 10.1. The van der Waals surface area contributed by atoms with Crippen molar-refractivity contribution < 1.29 is 13.2 Å². The smallest absolute Gasteiger partial charge is 0.381 e. The first-order valence-electron chi connectivity index (χ1n) is 6.33. The van der Waals surface area contributed by atoms with E-state index in [1.54, 1.807) is 0 Å². The zero-order valence-electron chi connectivity index (χ0n) is 11.4. The van der Waals surface area contributed by atoms with E-state index >= 15 is 0 Å². The summed E-state index contributed by atoms with van der Waals surface area (Å²) in [5.74, 6) is 0. The molecule has 1 N–H and O–H groups in total. The summed E-state index contributed by atoms with van der Waals surface area (Å²) in [4.78, 5) is 0. The molecule has 20 heavy (non-hydrogen) atoms. The minimum atomic E-state index is -4.29. The molecule has 4 heteroatoms. The van der Waals surface area contributed by atoms with E-state index in [0.29, 0.717) is 12.2 Å². The van der Waals surface area contributed by atoms with E-state index in [1.807, 2.05) is 26.0 Å². The van der Waals surface area contributed by atoms with Crippen LogP contribution in [0.5, 0.6) is 0 Å². The number of halogens is 3. The van der Waals surface area contributed by atoms with Crippen molar-refractivity contribution in [3.05, 3.63) is 64.7 Å². The first-order valence-corrected chi connectivity index (χ1v) is 6.33. The Balaban J connectivity index is 2.04. The van der Waals surface area contributed by atoms with Crippen LogP contribution in [0, 0.1) is 13.8 Å². The van der Waals surface area contributed by atoms with Crippen molar-refractivity contribution in [3.8, 4) is 0 Å². The number of anilines is 1. The molecule has 0 aliphatic carbocycles. The maximum atomic E-state index is 12.4. The largest absolute Gasteiger partial charge is 0.416 e. The Bertz CT molecular complexity index is 586. The highest BCUT2D eigenvalue weighted by Gasteiger charge is 2.29.